The fraction of sp³-hybridized carbons (Fsp3) is 0.476. The summed E-state index contributed by atoms with van der Waals surface area (Å²) < 4.78 is 36.1. The highest BCUT2D eigenvalue weighted by molar-refractivity contribution is 7.97. The first kappa shape index (κ1) is 26.6. The number of thiazole rings is 1. The summed E-state index contributed by atoms with van der Waals surface area (Å²) in [6.07, 6.45) is 0.443. The van der Waals surface area contributed by atoms with Crippen molar-refractivity contribution >= 4 is 47.1 Å². The third kappa shape index (κ3) is 7.01. The van der Waals surface area contributed by atoms with Gasteiger partial charge in [-0.2, -0.15) is 8.78 Å². The number of alkyl carbamates (subject to hydrolysis) is 1. The summed E-state index contributed by atoms with van der Waals surface area (Å²) in [6, 6.07) is 1.31. The van der Waals surface area contributed by atoms with Crippen LogP contribution in [-0.4, -0.2) is 57.2 Å². The van der Waals surface area contributed by atoms with Gasteiger partial charge in [0.1, 0.15) is 33.4 Å². The number of pyridine rings is 1. The maximum atomic E-state index is 12.7. The highest BCUT2D eigenvalue weighted by Gasteiger charge is 2.36. The number of aryl methyl sites for hydroxylation is 1. The molecule has 1 atom stereocenters. The molecule has 10 nitrogen and oxygen atoms in total. The molecule has 1 aliphatic heterocycles. The first-order chi connectivity index (χ1) is 16.3. The summed E-state index contributed by atoms with van der Waals surface area (Å²) in [5.74, 6) is 0.500. The quantitative estimate of drug-likeness (QED) is 0.549. The zero-order valence-electron chi connectivity index (χ0n) is 20.0. The van der Waals surface area contributed by atoms with E-state index in [1.165, 1.54) is 29.4 Å². The highest BCUT2D eigenvalue weighted by Crippen LogP contribution is 2.37. The number of anilines is 1. The lowest BCUT2D eigenvalue weighted by molar-refractivity contribution is -0.0501. The molecule has 14 heteroatoms. The molecule has 2 aromatic rings. The number of aliphatic imine (C=N–C) groups is 1. The SMILES string of the molecule is Cc1cc(OC(F)F)cnc1C(=O)Nc1csc([C@]2(C)CSN(C)C(NC(=O)OC(C)(C)C)=N2)n1. The molecule has 0 unspecified atom stereocenters. The maximum absolute atomic E-state index is 12.7. The van der Waals surface area contributed by atoms with E-state index >= 15 is 0 Å². The van der Waals surface area contributed by atoms with E-state index in [4.69, 9.17) is 9.73 Å². The Kier molecular flexibility index (Phi) is 7.84. The number of ether oxygens (including phenoxy) is 2. The number of carbonyl (C=O) groups is 2. The normalized spacial score (nSPS) is 18.2. The first-order valence-corrected chi connectivity index (χ1v) is 12.2. The van der Waals surface area contributed by atoms with E-state index in [1.807, 2.05) is 6.92 Å². The van der Waals surface area contributed by atoms with Gasteiger partial charge in [0.05, 0.1) is 6.20 Å². The van der Waals surface area contributed by atoms with Gasteiger partial charge in [0.2, 0.25) is 5.96 Å². The molecular weight excluding hydrogens is 502 g/mol. The predicted octanol–water partition coefficient (Wildman–Crippen LogP) is 4.39. The molecule has 0 spiro atoms. The van der Waals surface area contributed by atoms with E-state index in [-0.39, 0.29) is 11.4 Å². The lowest BCUT2D eigenvalue weighted by Gasteiger charge is -2.34. The Balaban J connectivity index is 1.74. The molecule has 0 radical (unpaired) electrons. The van der Waals surface area contributed by atoms with Crippen molar-refractivity contribution in [2.24, 2.45) is 4.99 Å². The van der Waals surface area contributed by atoms with Crippen LogP contribution < -0.4 is 15.4 Å². The number of rotatable bonds is 5. The van der Waals surface area contributed by atoms with Crippen LogP contribution in [0, 0.1) is 6.92 Å². The molecule has 35 heavy (non-hydrogen) atoms. The van der Waals surface area contributed by atoms with Crippen molar-refractivity contribution in [1.29, 1.82) is 0 Å². The van der Waals surface area contributed by atoms with Gasteiger partial charge in [0, 0.05) is 18.2 Å². The van der Waals surface area contributed by atoms with Crippen molar-refractivity contribution < 1.29 is 27.8 Å². The molecule has 0 fully saturated rings. The summed E-state index contributed by atoms with van der Waals surface area (Å²) >= 11 is 2.76. The molecule has 190 valence electrons. The molecule has 1 aliphatic rings. The Morgan fingerprint density at radius 2 is 2.00 bits per heavy atom. The lowest BCUT2D eigenvalue weighted by atomic mass is 10.1. The standard InChI is InChI=1S/C21H26F2N6O4S2/c1-11-7-12(32-17(22)23)8-24-14(11)15(30)25-13-9-34-16(26-13)21(5)10-35-29(6)18(28-21)27-19(31)33-20(2,3)4/h7-9,17H,10H2,1-6H3,(H,25,30)(H,27,28,31)/t21-/m0/s1. The second-order valence-electron chi connectivity index (χ2n) is 8.81. The minimum Gasteiger partial charge on any atom is -0.444 e. The molecule has 0 aromatic carbocycles. The van der Waals surface area contributed by atoms with Crippen molar-refractivity contribution in [3.05, 3.63) is 33.9 Å². The van der Waals surface area contributed by atoms with Crippen LogP contribution >= 0.6 is 23.3 Å². The van der Waals surface area contributed by atoms with E-state index in [9.17, 15) is 18.4 Å². The molecule has 2 aromatic heterocycles. The van der Waals surface area contributed by atoms with Gasteiger partial charge in [-0.1, -0.05) is 0 Å². The fourth-order valence-electron chi connectivity index (χ4n) is 2.94. The van der Waals surface area contributed by atoms with Crippen LogP contribution in [0.25, 0.3) is 0 Å². The smallest absolute Gasteiger partial charge is 0.414 e. The van der Waals surface area contributed by atoms with E-state index in [0.29, 0.717) is 28.1 Å². The van der Waals surface area contributed by atoms with Gasteiger partial charge < -0.3 is 14.8 Å². The van der Waals surface area contributed by atoms with Gasteiger partial charge in [-0.05, 0) is 58.2 Å². The number of hydrogen-bond acceptors (Lipinski definition) is 10. The average molecular weight is 529 g/mol. The fourth-order valence-corrected chi connectivity index (χ4v) is 4.74. The Morgan fingerprint density at radius 3 is 2.63 bits per heavy atom. The molecular formula is C21H26F2N6O4S2. The molecule has 0 saturated heterocycles. The number of nitrogens with zero attached hydrogens (tertiary/aromatic N) is 4. The van der Waals surface area contributed by atoms with Crippen LogP contribution in [0.3, 0.4) is 0 Å². The zero-order chi connectivity index (χ0) is 26.0. The van der Waals surface area contributed by atoms with Gasteiger partial charge in [0.25, 0.3) is 5.91 Å². The van der Waals surface area contributed by atoms with Crippen molar-refractivity contribution in [3.8, 4) is 5.75 Å². The number of alkyl halides is 2. The Labute approximate surface area is 209 Å². The summed E-state index contributed by atoms with van der Waals surface area (Å²) in [4.78, 5) is 38.0. The molecule has 0 aliphatic carbocycles. The predicted molar refractivity (Wildman–Crippen MR) is 130 cm³/mol. The zero-order valence-corrected chi connectivity index (χ0v) is 21.6. The van der Waals surface area contributed by atoms with Crippen LogP contribution in [-0.2, 0) is 10.3 Å². The number of halogens is 2. The Hall–Kier alpha value is -3.00. The number of hydrogen-bond donors (Lipinski definition) is 2. The summed E-state index contributed by atoms with van der Waals surface area (Å²) in [5.41, 5.74) is -0.987. The van der Waals surface area contributed by atoms with E-state index < -0.39 is 29.8 Å². The molecule has 3 heterocycles. The van der Waals surface area contributed by atoms with Crippen molar-refractivity contribution in [2.45, 2.75) is 52.4 Å². The van der Waals surface area contributed by atoms with Crippen LogP contribution in [0.5, 0.6) is 5.75 Å². The van der Waals surface area contributed by atoms with Crippen LogP contribution in [0.4, 0.5) is 19.4 Å². The van der Waals surface area contributed by atoms with Crippen LogP contribution in [0.15, 0.2) is 22.6 Å². The van der Waals surface area contributed by atoms with Gasteiger partial charge in [-0.3, -0.25) is 14.4 Å². The van der Waals surface area contributed by atoms with Crippen molar-refractivity contribution in [1.82, 2.24) is 19.6 Å². The van der Waals surface area contributed by atoms with Crippen molar-refractivity contribution in [2.75, 3.05) is 18.1 Å². The lowest BCUT2D eigenvalue weighted by Crippen LogP contribution is -2.46. The molecule has 3 rings (SSSR count). The van der Waals surface area contributed by atoms with Crippen LogP contribution in [0.1, 0.15) is 48.8 Å². The second-order valence-corrected chi connectivity index (χ2v) is 10.8. The summed E-state index contributed by atoms with van der Waals surface area (Å²) in [6.45, 7) is 5.77. The number of guanidine groups is 1. The summed E-state index contributed by atoms with van der Waals surface area (Å²) in [5, 5.41) is 7.63. The first-order valence-electron chi connectivity index (χ1n) is 10.4. The van der Waals surface area contributed by atoms with Crippen molar-refractivity contribution in [3.63, 3.8) is 0 Å². The van der Waals surface area contributed by atoms with E-state index in [2.05, 4.69) is 25.3 Å². The number of amides is 2. The van der Waals surface area contributed by atoms with Crippen LogP contribution in [0.2, 0.25) is 0 Å². The highest BCUT2D eigenvalue weighted by atomic mass is 32.2. The number of nitrogens with one attached hydrogen (secondary N) is 2. The maximum Gasteiger partial charge on any atom is 0.414 e. The van der Waals surface area contributed by atoms with Gasteiger partial charge in [-0.15, -0.1) is 11.3 Å². The largest absolute Gasteiger partial charge is 0.444 e. The minimum absolute atomic E-state index is 0.0593. The van der Waals surface area contributed by atoms with Gasteiger partial charge in [0.15, 0.2) is 0 Å². The Bertz CT molecular complexity index is 1140. The molecule has 0 bridgehead atoms. The summed E-state index contributed by atoms with van der Waals surface area (Å²) in [7, 11) is 1.78. The van der Waals surface area contributed by atoms with E-state index in [0.717, 1.165) is 6.20 Å². The monoisotopic (exact) mass is 528 g/mol. The number of carbonyl (C=O) groups excluding carboxylic acids is 2. The average Bonchev–Trinajstić information content (AvgIpc) is 3.18. The third-order valence-corrected chi connectivity index (χ3v) is 6.85. The topological polar surface area (TPSA) is 118 Å². The molecule has 2 amide bonds. The van der Waals surface area contributed by atoms with E-state index in [1.54, 1.807) is 44.4 Å². The minimum atomic E-state index is -2.98. The second kappa shape index (κ2) is 10.3. The molecule has 2 N–H and O–H groups in total. The number of aromatic nitrogens is 2. The third-order valence-electron chi connectivity index (χ3n) is 4.50. The van der Waals surface area contributed by atoms with Gasteiger partial charge >= 0.3 is 12.7 Å². The molecule has 0 saturated carbocycles. The Morgan fingerprint density at radius 1 is 1.29 bits per heavy atom. The van der Waals surface area contributed by atoms with Gasteiger partial charge in [-0.25, -0.2) is 19.8 Å².